The predicted molar refractivity (Wildman–Crippen MR) is 141 cm³/mol. The second-order valence-corrected chi connectivity index (χ2v) is 9.31. The number of hydrogen-bond donors (Lipinski definition) is 3. The van der Waals surface area contributed by atoms with Crippen molar-refractivity contribution in [1.29, 1.82) is 0 Å². The molecule has 37 heavy (non-hydrogen) atoms. The summed E-state index contributed by atoms with van der Waals surface area (Å²) in [6.45, 7) is 4.99. The molecular formula is C28H38N4O5. The molecule has 200 valence electrons. The highest BCUT2D eigenvalue weighted by atomic mass is 16.5. The Morgan fingerprint density at radius 1 is 0.865 bits per heavy atom. The number of benzene rings is 2. The van der Waals surface area contributed by atoms with Crippen LogP contribution in [-0.2, 0) is 32.1 Å². The lowest BCUT2D eigenvalue weighted by Crippen LogP contribution is -2.61. The zero-order valence-electron chi connectivity index (χ0n) is 21.8. The van der Waals surface area contributed by atoms with Gasteiger partial charge in [0.05, 0.1) is 0 Å². The molecule has 4 amide bonds. The van der Waals surface area contributed by atoms with E-state index in [0.717, 1.165) is 29.8 Å². The Morgan fingerprint density at radius 2 is 1.46 bits per heavy atom. The monoisotopic (exact) mass is 510 g/mol. The first-order chi connectivity index (χ1) is 17.7. The smallest absolute Gasteiger partial charge is 0.408 e. The maximum Gasteiger partial charge on any atom is 0.408 e. The number of rotatable bonds is 13. The molecule has 0 unspecified atom stereocenters. The van der Waals surface area contributed by atoms with Crippen molar-refractivity contribution in [3.63, 3.8) is 0 Å². The lowest BCUT2D eigenvalue weighted by atomic mass is 10.0. The molecule has 0 fully saturated rings. The van der Waals surface area contributed by atoms with Crippen LogP contribution in [-0.4, -0.2) is 40.9 Å². The normalized spacial score (nSPS) is 12.3. The second-order valence-electron chi connectivity index (χ2n) is 9.31. The topological polar surface area (TPSA) is 131 Å². The lowest BCUT2D eigenvalue weighted by Gasteiger charge is -2.33. The Balaban J connectivity index is 1.91. The average Bonchev–Trinajstić information content (AvgIpc) is 2.87. The molecule has 0 aliphatic rings. The highest BCUT2D eigenvalue weighted by Crippen LogP contribution is 2.14. The number of carbonyl (C=O) groups excluding carboxylic acids is 4. The molecule has 9 heteroatoms. The van der Waals surface area contributed by atoms with E-state index in [1.54, 1.807) is 13.8 Å². The highest BCUT2D eigenvalue weighted by Gasteiger charge is 2.33. The van der Waals surface area contributed by atoms with Crippen molar-refractivity contribution < 1.29 is 23.9 Å². The number of carbonyl (C=O) groups is 4. The third-order valence-electron chi connectivity index (χ3n) is 5.84. The standard InChI is InChI=1S/C28H38N4O5/c1-20(2)25(26(29)34)32(24(33)18-12-6-9-15-22-13-7-4-8-14-22)31-27(35)21(3)30-28(36)37-19-23-16-10-5-11-17-23/h4-5,7-8,10-11,13-14,16-17,20-21,25H,6,9,12,15,18-19H2,1-3H3,(H2,29,34)(H,30,36)(H,31,35)/t21-,25-/m0/s1. The van der Waals surface area contributed by atoms with Crippen molar-refractivity contribution in [2.75, 3.05) is 0 Å². The van der Waals surface area contributed by atoms with Crippen LogP contribution in [0, 0.1) is 5.92 Å². The zero-order valence-corrected chi connectivity index (χ0v) is 21.8. The molecule has 0 aliphatic heterocycles. The Bertz CT molecular complexity index is 1010. The summed E-state index contributed by atoms with van der Waals surface area (Å²) >= 11 is 0. The molecule has 0 aliphatic carbocycles. The van der Waals surface area contributed by atoms with Crippen LogP contribution in [0.4, 0.5) is 4.79 Å². The summed E-state index contributed by atoms with van der Waals surface area (Å²) < 4.78 is 5.15. The Morgan fingerprint density at radius 3 is 2.03 bits per heavy atom. The van der Waals surface area contributed by atoms with E-state index >= 15 is 0 Å². The number of primary amides is 1. The van der Waals surface area contributed by atoms with Gasteiger partial charge in [0.1, 0.15) is 18.7 Å². The van der Waals surface area contributed by atoms with E-state index in [1.807, 2.05) is 48.5 Å². The van der Waals surface area contributed by atoms with E-state index in [0.29, 0.717) is 6.42 Å². The van der Waals surface area contributed by atoms with E-state index in [2.05, 4.69) is 22.9 Å². The molecule has 0 spiro atoms. The largest absolute Gasteiger partial charge is 0.445 e. The number of nitrogens with two attached hydrogens (primary N) is 1. The summed E-state index contributed by atoms with van der Waals surface area (Å²) in [6, 6.07) is 17.2. The Hall–Kier alpha value is -3.88. The summed E-state index contributed by atoms with van der Waals surface area (Å²) in [7, 11) is 0. The number of amides is 4. The fourth-order valence-electron chi connectivity index (χ4n) is 3.81. The minimum atomic E-state index is -1.03. The molecule has 0 saturated carbocycles. The molecule has 0 radical (unpaired) electrons. The SMILES string of the molecule is CC(C)[C@@H](C(N)=O)N(NC(=O)[C@H](C)NC(=O)OCc1ccccc1)C(=O)CCCCCc1ccccc1. The molecule has 0 bridgehead atoms. The number of aryl methyl sites for hydroxylation is 1. The summed E-state index contributed by atoms with van der Waals surface area (Å²) in [5, 5.41) is 3.45. The molecule has 4 N–H and O–H groups in total. The Kier molecular flexibility index (Phi) is 12.1. The van der Waals surface area contributed by atoms with Crippen molar-refractivity contribution >= 4 is 23.8 Å². The van der Waals surface area contributed by atoms with Gasteiger partial charge >= 0.3 is 6.09 Å². The first kappa shape index (κ1) is 29.4. The van der Waals surface area contributed by atoms with Crippen LogP contribution in [0.15, 0.2) is 60.7 Å². The van der Waals surface area contributed by atoms with E-state index in [1.165, 1.54) is 12.5 Å². The number of hydrazine groups is 1. The summed E-state index contributed by atoms with van der Waals surface area (Å²) in [6.07, 6.45) is 2.61. The van der Waals surface area contributed by atoms with Gasteiger partial charge in [0.25, 0.3) is 5.91 Å². The van der Waals surface area contributed by atoms with Crippen molar-refractivity contribution in [1.82, 2.24) is 15.8 Å². The Labute approximate surface area is 218 Å². The van der Waals surface area contributed by atoms with Gasteiger partial charge in [-0.15, -0.1) is 0 Å². The van der Waals surface area contributed by atoms with Gasteiger partial charge < -0.3 is 15.8 Å². The third-order valence-corrected chi connectivity index (χ3v) is 5.84. The number of nitrogens with one attached hydrogen (secondary N) is 2. The molecule has 2 aromatic rings. The maximum absolute atomic E-state index is 13.1. The summed E-state index contributed by atoms with van der Waals surface area (Å²) in [5.74, 6) is -2.14. The fraction of sp³-hybridized carbons (Fsp3) is 0.429. The van der Waals surface area contributed by atoms with E-state index in [4.69, 9.17) is 10.5 Å². The molecule has 2 atom stereocenters. The van der Waals surface area contributed by atoms with Crippen molar-refractivity contribution in [3.05, 3.63) is 71.8 Å². The first-order valence-corrected chi connectivity index (χ1v) is 12.6. The predicted octanol–water partition coefficient (Wildman–Crippen LogP) is 3.47. The van der Waals surface area contributed by atoms with Crippen molar-refractivity contribution in [3.8, 4) is 0 Å². The van der Waals surface area contributed by atoms with Gasteiger partial charge in [-0.2, -0.15) is 0 Å². The number of unbranched alkanes of at least 4 members (excludes halogenated alkanes) is 2. The molecule has 2 aromatic carbocycles. The van der Waals surface area contributed by atoms with Crippen molar-refractivity contribution in [2.24, 2.45) is 11.7 Å². The zero-order chi connectivity index (χ0) is 27.2. The van der Waals surface area contributed by atoms with Crippen molar-refractivity contribution in [2.45, 2.75) is 71.6 Å². The molecule has 9 nitrogen and oxygen atoms in total. The van der Waals surface area contributed by atoms with Crippen LogP contribution < -0.4 is 16.5 Å². The van der Waals surface area contributed by atoms with Crippen LogP contribution in [0.1, 0.15) is 57.6 Å². The van der Waals surface area contributed by atoms with Crippen LogP contribution in [0.25, 0.3) is 0 Å². The summed E-state index contributed by atoms with van der Waals surface area (Å²) in [4.78, 5) is 50.2. The van der Waals surface area contributed by atoms with Gasteiger partial charge in [-0.05, 0) is 43.2 Å². The lowest BCUT2D eigenvalue weighted by molar-refractivity contribution is -0.150. The highest BCUT2D eigenvalue weighted by molar-refractivity contribution is 5.91. The van der Waals surface area contributed by atoms with Crippen LogP contribution in [0.2, 0.25) is 0 Å². The van der Waals surface area contributed by atoms with Gasteiger partial charge in [-0.25, -0.2) is 9.80 Å². The van der Waals surface area contributed by atoms with E-state index < -0.39 is 35.9 Å². The van der Waals surface area contributed by atoms with Crippen LogP contribution >= 0.6 is 0 Å². The quantitative estimate of drug-likeness (QED) is 0.281. The first-order valence-electron chi connectivity index (χ1n) is 12.6. The van der Waals surface area contributed by atoms with Gasteiger partial charge in [0.2, 0.25) is 11.8 Å². The fourth-order valence-corrected chi connectivity index (χ4v) is 3.81. The molecular weight excluding hydrogens is 472 g/mol. The van der Waals surface area contributed by atoms with Gasteiger partial charge in [-0.1, -0.05) is 80.9 Å². The molecule has 2 rings (SSSR count). The van der Waals surface area contributed by atoms with Crippen LogP contribution in [0.5, 0.6) is 0 Å². The summed E-state index contributed by atoms with van der Waals surface area (Å²) in [5.41, 5.74) is 10.1. The number of ether oxygens (including phenoxy) is 1. The second kappa shape index (κ2) is 15.3. The number of alkyl carbamates (subject to hydrolysis) is 1. The van der Waals surface area contributed by atoms with Gasteiger partial charge in [0.15, 0.2) is 0 Å². The molecule has 0 heterocycles. The third kappa shape index (κ3) is 10.3. The minimum Gasteiger partial charge on any atom is -0.445 e. The van der Waals surface area contributed by atoms with Gasteiger partial charge in [0, 0.05) is 6.42 Å². The molecule has 0 saturated heterocycles. The minimum absolute atomic E-state index is 0.0486. The van der Waals surface area contributed by atoms with Gasteiger partial charge in [-0.3, -0.25) is 19.8 Å². The number of nitrogens with zero attached hydrogens (tertiary/aromatic N) is 1. The number of hydrogen-bond acceptors (Lipinski definition) is 5. The average molecular weight is 511 g/mol. The molecule has 0 aromatic heterocycles. The maximum atomic E-state index is 13.1. The van der Waals surface area contributed by atoms with E-state index in [-0.39, 0.29) is 18.9 Å². The van der Waals surface area contributed by atoms with Crippen LogP contribution in [0.3, 0.4) is 0 Å². The van der Waals surface area contributed by atoms with E-state index in [9.17, 15) is 19.2 Å².